The highest BCUT2D eigenvalue weighted by Crippen LogP contribution is 1.89. The molecule has 0 spiro atoms. The fourth-order valence-electron chi connectivity index (χ4n) is 0.311. The Labute approximate surface area is 86.1 Å². The Kier molecular flexibility index (Phi) is 14.6. The zero-order chi connectivity index (χ0) is 10.7. The second kappa shape index (κ2) is 12.1. The molecular weight excluding hydrogens is 180 g/mol. The minimum Gasteiger partial charge on any atom is -0.396 e. The van der Waals surface area contributed by atoms with Crippen molar-refractivity contribution in [2.75, 3.05) is 0 Å². The van der Waals surface area contributed by atoms with Crippen molar-refractivity contribution in [3.8, 4) is 0 Å². The molecule has 0 amide bonds. The van der Waals surface area contributed by atoms with Gasteiger partial charge in [0.25, 0.3) is 0 Å². The number of unbranched alkanes of at least 4 members (excludes halogenated alkanes) is 1. The van der Waals surface area contributed by atoms with Crippen molar-refractivity contribution in [1.82, 2.24) is 0 Å². The average molecular weight is 206 g/mol. The van der Waals surface area contributed by atoms with E-state index in [4.69, 9.17) is 8.85 Å². The van der Waals surface area contributed by atoms with Crippen molar-refractivity contribution in [3.63, 3.8) is 0 Å². The standard InChI is InChI=1S/C6H16O2Si.C4H10/c1-5(2)7-9-8-6(3)4;1-3-4-2/h5-6H,9H2,1-4H3;3-4H2,1-2H3. The van der Waals surface area contributed by atoms with Crippen molar-refractivity contribution >= 4 is 10.0 Å². The SMILES string of the molecule is CC(C)O[SiH2]OC(C)C.CCCC. The van der Waals surface area contributed by atoms with Crippen LogP contribution in [0.1, 0.15) is 54.4 Å². The van der Waals surface area contributed by atoms with Crippen LogP contribution in [0.2, 0.25) is 0 Å². The van der Waals surface area contributed by atoms with E-state index in [9.17, 15) is 0 Å². The predicted molar refractivity (Wildman–Crippen MR) is 61.6 cm³/mol. The summed E-state index contributed by atoms with van der Waals surface area (Å²) in [6, 6.07) is 0. The van der Waals surface area contributed by atoms with Gasteiger partial charge in [-0.1, -0.05) is 26.7 Å². The van der Waals surface area contributed by atoms with Crippen molar-refractivity contribution < 1.29 is 8.85 Å². The van der Waals surface area contributed by atoms with Crippen LogP contribution in [0.15, 0.2) is 0 Å². The van der Waals surface area contributed by atoms with Crippen LogP contribution in [-0.2, 0) is 8.85 Å². The summed E-state index contributed by atoms with van der Waals surface area (Å²) in [4.78, 5) is 0. The molecule has 0 heterocycles. The number of hydrogen-bond donors (Lipinski definition) is 0. The van der Waals surface area contributed by atoms with E-state index in [0.29, 0.717) is 12.2 Å². The molecule has 0 bridgehead atoms. The minimum absolute atomic E-state index is 0.329. The van der Waals surface area contributed by atoms with Gasteiger partial charge in [-0.25, -0.2) is 0 Å². The maximum atomic E-state index is 5.27. The Morgan fingerprint density at radius 2 is 1.15 bits per heavy atom. The summed E-state index contributed by atoms with van der Waals surface area (Å²) >= 11 is 0. The van der Waals surface area contributed by atoms with Crippen LogP contribution in [-0.4, -0.2) is 22.2 Å². The Balaban J connectivity index is 0. The minimum atomic E-state index is -0.684. The van der Waals surface area contributed by atoms with Crippen LogP contribution in [0.3, 0.4) is 0 Å². The summed E-state index contributed by atoms with van der Waals surface area (Å²) in [7, 11) is -0.684. The molecule has 0 aliphatic rings. The maximum Gasteiger partial charge on any atom is 0.304 e. The van der Waals surface area contributed by atoms with E-state index in [1.54, 1.807) is 0 Å². The van der Waals surface area contributed by atoms with Crippen LogP contribution in [0, 0.1) is 0 Å². The Morgan fingerprint density at radius 1 is 0.846 bits per heavy atom. The fraction of sp³-hybridized carbons (Fsp3) is 1.00. The number of hydrogen-bond acceptors (Lipinski definition) is 2. The highest BCUT2D eigenvalue weighted by molar-refractivity contribution is 6.18. The summed E-state index contributed by atoms with van der Waals surface area (Å²) in [6.07, 6.45) is 3.30. The lowest BCUT2D eigenvalue weighted by Crippen LogP contribution is -2.14. The van der Waals surface area contributed by atoms with E-state index in [-0.39, 0.29) is 0 Å². The smallest absolute Gasteiger partial charge is 0.304 e. The Bertz CT molecular complexity index is 75.0. The first-order chi connectivity index (χ1) is 6.04. The third-order valence-corrected chi connectivity index (χ3v) is 2.91. The number of rotatable bonds is 5. The van der Waals surface area contributed by atoms with Crippen LogP contribution >= 0.6 is 0 Å². The van der Waals surface area contributed by atoms with Gasteiger partial charge in [-0.2, -0.15) is 0 Å². The molecule has 0 aliphatic heterocycles. The van der Waals surface area contributed by atoms with Crippen molar-refractivity contribution in [2.45, 2.75) is 66.6 Å². The molecule has 0 aromatic carbocycles. The summed E-state index contributed by atoms with van der Waals surface area (Å²) in [5, 5.41) is 0. The third-order valence-electron chi connectivity index (χ3n) is 1.30. The molecule has 2 nitrogen and oxygen atoms in total. The lowest BCUT2D eigenvalue weighted by Gasteiger charge is -2.09. The van der Waals surface area contributed by atoms with Gasteiger partial charge in [0.05, 0.1) is 0 Å². The van der Waals surface area contributed by atoms with E-state index < -0.39 is 10.0 Å². The molecule has 0 saturated carbocycles. The first kappa shape index (κ1) is 15.6. The van der Waals surface area contributed by atoms with Gasteiger partial charge in [0.15, 0.2) is 0 Å². The first-order valence-corrected chi connectivity index (χ1v) is 6.43. The molecule has 82 valence electrons. The second-order valence-electron chi connectivity index (χ2n) is 3.55. The summed E-state index contributed by atoms with van der Waals surface area (Å²) in [5.41, 5.74) is 0. The van der Waals surface area contributed by atoms with Crippen LogP contribution in [0.25, 0.3) is 0 Å². The second-order valence-corrected chi connectivity index (χ2v) is 4.45. The Morgan fingerprint density at radius 3 is 1.31 bits per heavy atom. The zero-order valence-corrected chi connectivity index (χ0v) is 11.5. The molecule has 0 rings (SSSR count). The molecule has 0 aromatic heterocycles. The van der Waals surface area contributed by atoms with Gasteiger partial charge >= 0.3 is 10.0 Å². The molecule has 3 heteroatoms. The van der Waals surface area contributed by atoms with E-state index in [2.05, 4.69) is 13.8 Å². The van der Waals surface area contributed by atoms with Gasteiger partial charge < -0.3 is 8.85 Å². The normalized spacial score (nSPS) is 10.2. The quantitative estimate of drug-likeness (QED) is 0.644. The first-order valence-electron chi connectivity index (χ1n) is 5.27. The van der Waals surface area contributed by atoms with Gasteiger partial charge in [0.1, 0.15) is 0 Å². The molecule has 13 heavy (non-hydrogen) atoms. The molecule has 0 atom stereocenters. The lowest BCUT2D eigenvalue weighted by atomic mass is 10.4. The molecule has 0 aromatic rings. The average Bonchev–Trinajstić information content (AvgIpc) is 2.03. The predicted octanol–water partition coefficient (Wildman–Crippen LogP) is 2.64. The molecule has 0 fully saturated rings. The van der Waals surface area contributed by atoms with Gasteiger partial charge in [-0.15, -0.1) is 0 Å². The van der Waals surface area contributed by atoms with Gasteiger partial charge in [0, 0.05) is 12.2 Å². The summed E-state index contributed by atoms with van der Waals surface area (Å²) in [6.45, 7) is 12.5. The maximum absolute atomic E-state index is 5.27. The van der Waals surface area contributed by atoms with Crippen LogP contribution in [0.4, 0.5) is 0 Å². The monoisotopic (exact) mass is 206 g/mol. The summed E-state index contributed by atoms with van der Waals surface area (Å²) in [5.74, 6) is 0. The molecule has 0 unspecified atom stereocenters. The topological polar surface area (TPSA) is 18.5 Å². The third kappa shape index (κ3) is 24.5. The summed E-state index contributed by atoms with van der Waals surface area (Å²) < 4.78 is 10.5. The molecule has 0 radical (unpaired) electrons. The van der Waals surface area contributed by atoms with Gasteiger partial charge in [-0.05, 0) is 27.7 Å². The molecular formula is C10H26O2Si. The van der Waals surface area contributed by atoms with Gasteiger partial charge in [0.2, 0.25) is 0 Å². The van der Waals surface area contributed by atoms with Crippen molar-refractivity contribution in [2.24, 2.45) is 0 Å². The van der Waals surface area contributed by atoms with Crippen molar-refractivity contribution in [3.05, 3.63) is 0 Å². The molecule has 0 N–H and O–H groups in total. The van der Waals surface area contributed by atoms with Crippen LogP contribution in [0.5, 0.6) is 0 Å². The van der Waals surface area contributed by atoms with E-state index in [1.165, 1.54) is 12.8 Å². The molecule has 0 aliphatic carbocycles. The van der Waals surface area contributed by atoms with E-state index >= 15 is 0 Å². The largest absolute Gasteiger partial charge is 0.396 e. The fourth-order valence-corrected chi connectivity index (χ4v) is 0.934. The van der Waals surface area contributed by atoms with Gasteiger partial charge in [-0.3, -0.25) is 0 Å². The molecule has 0 saturated heterocycles. The highest BCUT2D eigenvalue weighted by atomic mass is 28.3. The van der Waals surface area contributed by atoms with E-state index in [1.807, 2.05) is 27.7 Å². The van der Waals surface area contributed by atoms with Crippen LogP contribution < -0.4 is 0 Å². The lowest BCUT2D eigenvalue weighted by molar-refractivity contribution is 0.152. The zero-order valence-electron chi connectivity index (χ0n) is 10.1. The Hall–Kier alpha value is 0.137. The highest BCUT2D eigenvalue weighted by Gasteiger charge is 1.95. The van der Waals surface area contributed by atoms with Crippen molar-refractivity contribution in [1.29, 1.82) is 0 Å². The van der Waals surface area contributed by atoms with E-state index in [0.717, 1.165) is 0 Å².